The van der Waals surface area contributed by atoms with E-state index in [1.807, 2.05) is 0 Å². The Hall–Kier alpha value is -2.24. The van der Waals surface area contributed by atoms with E-state index in [4.69, 9.17) is 4.74 Å². The van der Waals surface area contributed by atoms with Crippen LogP contribution in [0.1, 0.15) is 36.0 Å². The van der Waals surface area contributed by atoms with E-state index in [1.54, 1.807) is 17.0 Å². The van der Waals surface area contributed by atoms with Crippen molar-refractivity contribution in [2.45, 2.75) is 45.3 Å². The lowest BCUT2D eigenvalue weighted by atomic mass is 9.92. The molecule has 0 radical (unpaired) electrons. The van der Waals surface area contributed by atoms with Gasteiger partial charge >= 0.3 is 0 Å². The predicted molar refractivity (Wildman–Crippen MR) is 112 cm³/mol. The number of halogens is 1. The first kappa shape index (κ1) is 20.0. The average Bonchev–Trinajstić information content (AvgIpc) is 2.89. The Morgan fingerprint density at radius 1 is 1.07 bits per heavy atom. The van der Waals surface area contributed by atoms with E-state index in [0.29, 0.717) is 12.2 Å². The fraction of sp³-hybridized carbons (Fsp3) is 0.458. The van der Waals surface area contributed by atoms with Gasteiger partial charge in [-0.1, -0.05) is 24.3 Å². The molecule has 1 amide bonds. The molecule has 2 aliphatic heterocycles. The highest BCUT2D eigenvalue weighted by Crippen LogP contribution is 2.33. The van der Waals surface area contributed by atoms with Crippen molar-refractivity contribution in [3.8, 4) is 0 Å². The maximum Gasteiger partial charge on any atom is 0.253 e. The molecule has 0 N–H and O–H groups in total. The van der Waals surface area contributed by atoms with E-state index >= 15 is 0 Å². The van der Waals surface area contributed by atoms with E-state index in [-0.39, 0.29) is 23.9 Å². The molecule has 2 fully saturated rings. The zero-order valence-corrected chi connectivity index (χ0v) is 17.3. The van der Waals surface area contributed by atoms with E-state index in [1.165, 1.54) is 28.8 Å². The van der Waals surface area contributed by atoms with Gasteiger partial charge in [-0.2, -0.15) is 0 Å². The van der Waals surface area contributed by atoms with E-state index in [2.05, 4.69) is 36.9 Å². The number of aryl methyl sites for hydroxylation is 2. The van der Waals surface area contributed by atoms with E-state index < -0.39 is 0 Å². The van der Waals surface area contributed by atoms with Crippen molar-refractivity contribution < 1.29 is 13.9 Å². The van der Waals surface area contributed by atoms with Crippen LogP contribution in [0.4, 0.5) is 10.1 Å². The molecule has 5 heteroatoms. The van der Waals surface area contributed by atoms with Crippen molar-refractivity contribution in [1.82, 2.24) is 4.90 Å². The van der Waals surface area contributed by atoms with Crippen LogP contribution in [0, 0.1) is 19.7 Å². The number of amides is 1. The van der Waals surface area contributed by atoms with Crippen molar-refractivity contribution >= 4 is 11.6 Å². The summed E-state index contributed by atoms with van der Waals surface area (Å²) >= 11 is 0. The zero-order valence-electron chi connectivity index (χ0n) is 17.3. The molecule has 2 saturated heterocycles. The van der Waals surface area contributed by atoms with Crippen LogP contribution in [-0.2, 0) is 16.1 Å². The quantitative estimate of drug-likeness (QED) is 0.778. The van der Waals surface area contributed by atoms with Gasteiger partial charge in [0.15, 0.2) is 0 Å². The van der Waals surface area contributed by atoms with Gasteiger partial charge < -0.3 is 9.64 Å². The minimum Gasteiger partial charge on any atom is -0.363 e. The average molecular weight is 397 g/mol. The van der Waals surface area contributed by atoms with Gasteiger partial charge in [0.2, 0.25) is 0 Å². The van der Waals surface area contributed by atoms with Gasteiger partial charge in [0.1, 0.15) is 12.4 Å². The maximum absolute atomic E-state index is 13.7. The lowest BCUT2D eigenvalue weighted by Crippen LogP contribution is -2.55. The van der Waals surface area contributed by atoms with Crippen molar-refractivity contribution in [3.05, 3.63) is 65.0 Å². The second kappa shape index (κ2) is 8.25. The Morgan fingerprint density at radius 3 is 2.59 bits per heavy atom. The highest BCUT2D eigenvalue weighted by molar-refractivity contribution is 5.95. The van der Waals surface area contributed by atoms with Crippen LogP contribution in [-0.4, -0.2) is 42.6 Å². The third-order valence-electron chi connectivity index (χ3n) is 6.39. The lowest BCUT2D eigenvalue weighted by molar-refractivity contribution is -0.140. The monoisotopic (exact) mass is 396 g/mol. The molecule has 0 saturated carbocycles. The number of hydrogen-bond donors (Lipinski definition) is 0. The summed E-state index contributed by atoms with van der Waals surface area (Å²) in [5.74, 6) is -0.422. The van der Waals surface area contributed by atoms with E-state index in [0.717, 1.165) is 38.9 Å². The number of ether oxygens (including phenoxy) is 1. The SMILES string of the molecule is Cc1cccc(C)c1CN1CCCC2(CC1)CN(c1cccc(F)c1)C(=O)CO2. The van der Waals surface area contributed by atoms with E-state index in [9.17, 15) is 9.18 Å². The summed E-state index contributed by atoms with van der Waals surface area (Å²) < 4.78 is 19.8. The van der Waals surface area contributed by atoms with Crippen molar-refractivity contribution in [3.63, 3.8) is 0 Å². The molecule has 4 rings (SSSR count). The molecule has 2 aromatic carbocycles. The van der Waals surface area contributed by atoms with Gasteiger partial charge in [-0.05, 0) is 74.5 Å². The molecule has 1 atom stereocenters. The Balaban J connectivity index is 1.47. The molecule has 0 bridgehead atoms. The van der Waals surface area contributed by atoms with Crippen molar-refractivity contribution in [2.24, 2.45) is 0 Å². The van der Waals surface area contributed by atoms with Crippen LogP contribution in [0.2, 0.25) is 0 Å². The molecule has 2 aliphatic rings. The molecule has 2 aromatic rings. The second-order valence-corrected chi connectivity index (χ2v) is 8.43. The zero-order chi connectivity index (χ0) is 20.4. The molecule has 29 heavy (non-hydrogen) atoms. The molecule has 2 heterocycles. The highest BCUT2D eigenvalue weighted by Gasteiger charge is 2.41. The molecule has 0 aromatic heterocycles. The third kappa shape index (κ3) is 4.36. The molecule has 1 spiro atoms. The number of anilines is 1. The number of carbonyl (C=O) groups is 1. The van der Waals surface area contributed by atoms with Crippen LogP contribution in [0.3, 0.4) is 0 Å². The smallest absolute Gasteiger partial charge is 0.253 e. The molecule has 4 nitrogen and oxygen atoms in total. The number of hydrogen-bond acceptors (Lipinski definition) is 3. The highest BCUT2D eigenvalue weighted by atomic mass is 19.1. The summed E-state index contributed by atoms with van der Waals surface area (Å²) in [4.78, 5) is 16.7. The maximum atomic E-state index is 13.7. The minimum absolute atomic E-state index is 0.0629. The molecule has 1 unspecified atom stereocenters. The fourth-order valence-corrected chi connectivity index (χ4v) is 4.60. The van der Waals surface area contributed by atoms with Gasteiger partial charge in [-0.15, -0.1) is 0 Å². The standard InChI is InChI=1S/C24H29FN2O2/c1-18-6-3-7-19(2)22(18)15-26-12-5-10-24(11-13-26)17-27(23(28)16-29-24)21-9-4-8-20(25)14-21/h3-4,6-9,14H,5,10-13,15-17H2,1-2H3. The lowest BCUT2D eigenvalue weighted by Gasteiger charge is -2.42. The summed E-state index contributed by atoms with van der Waals surface area (Å²) in [5.41, 5.74) is 4.34. The number of benzene rings is 2. The molecular weight excluding hydrogens is 367 g/mol. The second-order valence-electron chi connectivity index (χ2n) is 8.43. The normalized spacial score (nSPS) is 23.4. The first-order valence-electron chi connectivity index (χ1n) is 10.4. The van der Waals surface area contributed by atoms with Gasteiger partial charge in [-0.25, -0.2) is 4.39 Å². The summed E-state index contributed by atoms with van der Waals surface area (Å²) in [6, 6.07) is 12.7. The summed E-state index contributed by atoms with van der Waals surface area (Å²) in [6.45, 7) is 7.80. The number of rotatable bonds is 3. The van der Waals surface area contributed by atoms with Crippen molar-refractivity contribution in [2.75, 3.05) is 31.1 Å². The van der Waals surface area contributed by atoms with Gasteiger partial charge in [0.05, 0.1) is 12.1 Å². The predicted octanol–water partition coefficient (Wildman–Crippen LogP) is 4.23. The number of carbonyl (C=O) groups excluding carboxylic acids is 1. The van der Waals surface area contributed by atoms with Gasteiger partial charge in [0, 0.05) is 18.8 Å². The van der Waals surface area contributed by atoms with Crippen molar-refractivity contribution in [1.29, 1.82) is 0 Å². The molecular formula is C24H29FN2O2. The Morgan fingerprint density at radius 2 is 1.83 bits per heavy atom. The molecule has 154 valence electrons. The Bertz CT molecular complexity index is 880. The number of nitrogens with zero attached hydrogens (tertiary/aromatic N) is 2. The van der Waals surface area contributed by atoms with Crippen LogP contribution in [0.15, 0.2) is 42.5 Å². The number of likely N-dealkylation sites (tertiary alicyclic amines) is 1. The minimum atomic E-state index is -0.351. The fourth-order valence-electron chi connectivity index (χ4n) is 4.60. The van der Waals surface area contributed by atoms with Crippen LogP contribution < -0.4 is 4.90 Å². The summed E-state index contributed by atoms with van der Waals surface area (Å²) in [6.07, 6.45) is 2.81. The first-order chi connectivity index (χ1) is 14.0. The van der Waals surface area contributed by atoms with Gasteiger partial charge in [0.25, 0.3) is 5.91 Å². The van der Waals surface area contributed by atoms with Crippen LogP contribution in [0.5, 0.6) is 0 Å². The Kier molecular flexibility index (Phi) is 5.70. The largest absolute Gasteiger partial charge is 0.363 e. The molecule has 0 aliphatic carbocycles. The third-order valence-corrected chi connectivity index (χ3v) is 6.39. The van der Waals surface area contributed by atoms with Crippen LogP contribution in [0.25, 0.3) is 0 Å². The number of morpholine rings is 1. The topological polar surface area (TPSA) is 32.8 Å². The summed E-state index contributed by atoms with van der Waals surface area (Å²) in [5, 5.41) is 0. The Labute approximate surface area is 172 Å². The first-order valence-corrected chi connectivity index (χ1v) is 10.4. The summed E-state index contributed by atoms with van der Waals surface area (Å²) in [7, 11) is 0. The van der Waals surface area contributed by atoms with Crippen LogP contribution >= 0.6 is 0 Å². The van der Waals surface area contributed by atoms with Gasteiger partial charge in [-0.3, -0.25) is 9.69 Å².